The molecule has 2 unspecified atom stereocenters. The van der Waals surface area contributed by atoms with Crippen LogP contribution in [0.15, 0.2) is 18.3 Å². The highest BCUT2D eigenvalue weighted by atomic mass is 16.2. The van der Waals surface area contributed by atoms with Crippen molar-refractivity contribution in [3.63, 3.8) is 0 Å². The van der Waals surface area contributed by atoms with Gasteiger partial charge in [-0.15, -0.1) is 0 Å². The number of fused-ring (bicyclic) bond motifs is 1. The molecule has 0 aromatic carbocycles. The first-order chi connectivity index (χ1) is 8.59. The third kappa shape index (κ3) is 1.43. The Morgan fingerprint density at radius 2 is 1.89 bits per heavy atom. The van der Waals surface area contributed by atoms with Gasteiger partial charge < -0.3 is 5.73 Å². The van der Waals surface area contributed by atoms with Crippen LogP contribution in [0.25, 0.3) is 0 Å². The highest BCUT2D eigenvalue weighted by molar-refractivity contribution is 6.22. The minimum Gasteiger partial charge on any atom is -0.396 e. The number of nitrogens with two attached hydrogens (primary N) is 1. The van der Waals surface area contributed by atoms with Crippen LogP contribution < -0.4 is 10.6 Å². The summed E-state index contributed by atoms with van der Waals surface area (Å²) in [6.45, 7) is 2.08. The summed E-state index contributed by atoms with van der Waals surface area (Å²) >= 11 is 0. The molecule has 1 aliphatic carbocycles. The molecule has 5 nitrogen and oxygen atoms in total. The summed E-state index contributed by atoms with van der Waals surface area (Å²) < 4.78 is 0. The molecule has 94 valence electrons. The van der Waals surface area contributed by atoms with E-state index in [1.165, 1.54) is 4.90 Å². The first kappa shape index (κ1) is 11.2. The number of rotatable bonds is 1. The smallest absolute Gasteiger partial charge is 0.238 e. The monoisotopic (exact) mass is 245 g/mol. The van der Waals surface area contributed by atoms with Crippen LogP contribution in [-0.2, 0) is 9.59 Å². The van der Waals surface area contributed by atoms with Crippen LogP contribution in [-0.4, -0.2) is 16.8 Å². The largest absolute Gasteiger partial charge is 0.396 e. The van der Waals surface area contributed by atoms with Gasteiger partial charge in [-0.25, -0.2) is 9.88 Å². The Bertz CT molecular complexity index is 505. The molecule has 1 saturated heterocycles. The fourth-order valence-corrected chi connectivity index (χ4v) is 3.08. The molecule has 2 N–H and O–H groups in total. The van der Waals surface area contributed by atoms with E-state index in [0.29, 0.717) is 11.6 Å². The molecule has 0 spiro atoms. The van der Waals surface area contributed by atoms with Crippen molar-refractivity contribution < 1.29 is 9.59 Å². The molecule has 1 aromatic heterocycles. The lowest BCUT2D eigenvalue weighted by Gasteiger charge is -2.17. The van der Waals surface area contributed by atoms with Gasteiger partial charge in [0.1, 0.15) is 0 Å². The van der Waals surface area contributed by atoms with E-state index in [9.17, 15) is 9.59 Å². The van der Waals surface area contributed by atoms with E-state index in [4.69, 9.17) is 5.73 Å². The van der Waals surface area contributed by atoms with Gasteiger partial charge in [-0.3, -0.25) is 9.59 Å². The first-order valence-corrected chi connectivity index (χ1v) is 6.18. The minimum absolute atomic E-state index is 0.139. The van der Waals surface area contributed by atoms with Crippen molar-refractivity contribution in [3.8, 4) is 0 Å². The predicted molar refractivity (Wildman–Crippen MR) is 66.5 cm³/mol. The highest BCUT2D eigenvalue weighted by Crippen LogP contribution is 2.44. The van der Waals surface area contributed by atoms with Crippen LogP contribution in [0.3, 0.4) is 0 Å². The van der Waals surface area contributed by atoms with Crippen LogP contribution in [0.4, 0.5) is 11.5 Å². The van der Waals surface area contributed by atoms with Gasteiger partial charge >= 0.3 is 0 Å². The molecular weight excluding hydrogens is 230 g/mol. The number of anilines is 2. The van der Waals surface area contributed by atoms with Crippen molar-refractivity contribution in [2.75, 3.05) is 10.6 Å². The second kappa shape index (κ2) is 3.80. The third-order valence-electron chi connectivity index (χ3n) is 3.90. The first-order valence-electron chi connectivity index (χ1n) is 6.18. The van der Waals surface area contributed by atoms with Gasteiger partial charge in [0.05, 0.1) is 17.5 Å². The summed E-state index contributed by atoms with van der Waals surface area (Å²) in [6, 6.07) is 3.34. The van der Waals surface area contributed by atoms with Crippen LogP contribution in [0.5, 0.6) is 0 Å². The van der Waals surface area contributed by atoms with E-state index < -0.39 is 0 Å². The number of amides is 2. The lowest BCUT2D eigenvalue weighted by atomic mass is 10.00. The zero-order chi connectivity index (χ0) is 12.9. The molecule has 0 bridgehead atoms. The fraction of sp³-hybridized carbons (Fsp3) is 0.462. The quantitative estimate of drug-likeness (QED) is 0.754. The third-order valence-corrected chi connectivity index (χ3v) is 3.90. The van der Waals surface area contributed by atoms with Crippen LogP contribution in [0.1, 0.15) is 19.8 Å². The minimum atomic E-state index is -0.172. The summed E-state index contributed by atoms with van der Waals surface area (Å²) in [4.78, 5) is 29.9. The average molecular weight is 245 g/mol. The van der Waals surface area contributed by atoms with E-state index in [-0.39, 0.29) is 29.5 Å². The summed E-state index contributed by atoms with van der Waals surface area (Å²) in [5, 5.41) is 0. The van der Waals surface area contributed by atoms with E-state index in [2.05, 4.69) is 11.9 Å². The predicted octanol–water partition coefficient (Wildman–Crippen LogP) is 1.20. The number of carbonyl (C=O) groups is 2. The standard InChI is InChI=1S/C13H15N3O2/c1-7-5-8-9(6-7)13(18)16(12(8)17)11-10(14)3-2-4-15-11/h2-4,7-9H,5-6,14H2,1H3. The highest BCUT2D eigenvalue weighted by Gasteiger charge is 2.52. The zero-order valence-electron chi connectivity index (χ0n) is 10.2. The van der Waals surface area contributed by atoms with Gasteiger partial charge in [-0.2, -0.15) is 0 Å². The SMILES string of the molecule is CC1CC2C(=O)N(c3ncccc3N)C(=O)C2C1. The van der Waals surface area contributed by atoms with Gasteiger partial charge in [0.25, 0.3) is 0 Å². The molecule has 2 aliphatic rings. The molecule has 2 amide bonds. The van der Waals surface area contributed by atoms with Gasteiger partial charge in [-0.1, -0.05) is 6.92 Å². The Kier molecular flexibility index (Phi) is 2.36. The van der Waals surface area contributed by atoms with Crippen LogP contribution in [0, 0.1) is 17.8 Å². The zero-order valence-corrected chi connectivity index (χ0v) is 10.2. The van der Waals surface area contributed by atoms with Crippen molar-refractivity contribution in [2.45, 2.75) is 19.8 Å². The molecule has 1 saturated carbocycles. The van der Waals surface area contributed by atoms with Crippen molar-refractivity contribution in [1.29, 1.82) is 0 Å². The fourth-order valence-electron chi connectivity index (χ4n) is 3.08. The summed E-state index contributed by atoms with van der Waals surface area (Å²) in [5.41, 5.74) is 6.16. The van der Waals surface area contributed by atoms with E-state index in [1.807, 2.05) is 0 Å². The normalized spacial score (nSPS) is 30.9. The lowest BCUT2D eigenvalue weighted by molar-refractivity contribution is -0.123. The van der Waals surface area contributed by atoms with E-state index >= 15 is 0 Å². The Balaban J connectivity index is 1.99. The number of nitrogens with zero attached hydrogens (tertiary/aromatic N) is 2. The maximum atomic E-state index is 12.3. The maximum absolute atomic E-state index is 12.3. The molecule has 2 atom stereocenters. The second-order valence-corrected chi connectivity index (χ2v) is 5.22. The van der Waals surface area contributed by atoms with Gasteiger partial charge in [0.2, 0.25) is 11.8 Å². The van der Waals surface area contributed by atoms with Crippen molar-refractivity contribution in [1.82, 2.24) is 4.98 Å². The van der Waals surface area contributed by atoms with E-state index in [1.54, 1.807) is 18.3 Å². The Labute approximate surface area is 105 Å². The number of aromatic nitrogens is 1. The molecule has 5 heteroatoms. The van der Waals surface area contributed by atoms with Crippen molar-refractivity contribution in [3.05, 3.63) is 18.3 Å². The Morgan fingerprint density at radius 1 is 1.28 bits per heavy atom. The second-order valence-electron chi connectivity index (χ2n) is 5.22. The number of nitrogen functional groups attached to an aromatic ring is 1. The number of hydrogen-bond acceptors (Lipinski definition) is 4. The molecule has 2 heterocycles. The summed E-state index contributed by atoms with van der Waals surface area (Å²) in [6.07, 6.45) is 3.12. The molecular formula is C13H15N3O2. The Hall–Kier alpha value is -1.91. The number of carbonyl (C=O) groups excluding carboxylic acids is 2. The Morgan fingerprint density at radius 3 is 2.44 bits per heavy atom. The molecule has 1 aliphatic heterocycles. The van der Waals surface area contributed by atoms with Crippen molar-refractivity contribution in [2.24, 2.45) is 17.8 Å². The average Bonchev–Trinajstić information content (AvgIpc) is 2.82. The molecule has 1 aromatic rings. The lowest BCUT2D eigenvalue weighted by Crippen LogP contribution is -2.33. The summed E-state index contributed by atoms with van der Waals surface area (Å²) in [7, 11) is 0. The number of hydrogen-bond donors (Lipinski definition) is 1. The summed E-state index contributed by atoms with van der Waals surface area (Å²) in [5.74, 6) is 0.105. The maximum Gasteiger partial charge on any atom is 0.238 e. The van der Waals surface area contributed by atoms with Crippen LogP contribution >= 0.6 is 0 Å². The number of pyridine rings is 1. The van der Waals surface area contributed by atoms with E-state index in [0.717, 1.165) is 12.8 Å². The molecule has 0 radical (unpaired) electrons. The molecule has 18 heavy (non-hydrogen) atoms. The number of imide groups is 1. The topological polar surface area (TPSA) is 76.3 Å². The molecule has 2 fully saturated rings. The van der Waals surface area contributed by atoms with Crippen molar-refractivity contribution >= 4 is 23.3 Å². The van der Waals surface area contributed by atoms with Gasteiger partial charge in [0, 0.05) is 6.20 Å². The molecule has 3 rings (SSSR count). The van der Waals surface area contributed by atoms with Gasteiger partial charge in [-0.05, 0) is 30.9 Å². The van der Waals surface area contributed by atoms with Crippen LogP contribution in [0.2, 0.25) is 0 Å². The van der Waals surface area contributed by atoms with Gasteiger partial charge in [0.15, 0.2) is 5.82 Å².